The van der Waals surface area contributed by atoms with Gasteiger partial charge in [-0.05, 0) is 62.5 Å². The number of nitrogens with one attached hydrogen (secondary N) is 4. The van der Waals surface area contributed by atoms with E-state index in [2.05, 4.69) is 21.3 Å². The third-order valence-electron chi connectivity index (χ3n) is 8.36. The Balaban J connectivity index is 2.43. The smallest absolute Gasteiger partial charge is 0.408 e. The van der Waals surface area contributed by atoms with Gasteiger partial charge in [0.1, 0.15) is 23.7 Å². The lowest BCUT2D eigenvalue weighted by Gasteiger charge is -2.33. The van der Waals surface area contributed by atoms with E-state index in [9.17, 15) is 29.1 Å². The Labute approximate surface area is 314 Å². The Morgan fingerprint density at radius 3 is 1.77 bits per heavy atom. The predicted octanol–water partition coefficient (Wildman–Crippen LogP) is 4.56. The molecule has 53 heavy (non-hydrogen) atoms. The van der Waals surface area contributed by atoms with Gasteiger partial charge >= 0.3 is 18.1 Å². The van der Waals surface area contributed by atoms with Gasteiger partial charge in [-0.1, -0.05) is 102 Å². The summed E-state index contributed by atoms with van der Waals surface area (Å²) < 4.78 is 10.3. The number of nitrogens with zero attached hydrogens (tertiary/aromatic N) is 1. The summed E-state index contributed by atoms with van der Waals surface area (Å²) in [7, 11) is 1.25. The fourth-order valence-electron chi connectivity index (χ4n) is 5.59. The fraction of sp³-hybridized carbons (Fsp3) is 0.575. The lowest BCUT2D eigenvalue weighted by Crippen LogP contribution is -2.58. The lowest BCUT2D eigenvalue weighted by atomic mass is 9.98. The molecule has 5 atom stereocenters. The highest BCUT2D eigenvalue weighted by atomic mass is 16.6. The molecule has 2 aromatic rings. The molecule has 13 nitrogen and oxygen atoms in total. The Morgan fingerprint density at radius 1 is 0.736 bits per heavy atom. The zero-order valence-electron chi connectivity index (χ0n) is 33.0. The molecule has 0 saturated carbocycles. The van der Waals surface area contributed by atoms with Crippen LogP contribution in [0.4, 0.5) is 9.59 Å². The number of hydrogen-bond donors (Lipinski definition) is 5. The number of methoxy groups -OCH3 is 1. The number of benzene rings is 2. The van der Waals surface area contributed by atoms with Gasteiger partial charge in [-0.2, -0.15) is 0 Å². The van der Waals surface area contributed by atoms with Crippen LogP contribution < -0.4 is 21.3 Å². The minimum absolute atomic E-state index is 0.00324. The highest BCUT2D eigenvalue weighted by Crippen LogP contribution is 2.15. The van der Waals surface area contributed by atoms with Crippen molar-refractivity contribution in [1.29, 1.82) is 0 Å². The van der Waals surface area contributed by atoms with Crippen molar-refractivity contribution in [2.45, 2.75) is 118 Å². The van der Waals surface area contributed by atoms with E-state index in [0.717, 1.165) is 11.1 Å². The second-order valence-electron chi connectivity index (χ2n) is 15.5. The van der Waals surface area contributed by atoms with E-state index >= 15 is 0 Å². The minimum atomic E-state index is -1.29. The maximum absolute atomic E-state index is 14.1. The highest BCUT2D eigenvalue weighted by molar-refractivity contribution is 5.90. The number of aliphatic hydroxyl groups excluding tert-OH is 1. The first kappa shape index (κ1) is 44.5. The second-order valence-corrected chi connectivity index (χ2v) is 15.5. The van der Waals surface area contributed by atoms with Crippen molar-refractivity contribution in [2.75, 3.05) is 13.7 Å². The number of amides is 5. The zero-order valence-corrected chi connectivity index (χ0v) is 33.0. The topological polar surface area (TPSA) is 175 Å². The normalized spacial score (nSPS) is 14.4. The lowest BCUT2D eigenvalue weighted by molar-refractivity contribution is -0.146. The van der Waals surface area contributed by atoms with Crippen LogP contribution in [0.3, 0.4) is 0 Å². The third kappa shape index (κ3) is 15.9. The van der Waals surface area contributed by atoms with E-state index in [0.29, 0.717) is 0 Å². The molecule has 0 bridgehead atoms. The molecular formula is C40H61N5O8. The Kier molecular flexibility index (Phi) is 17.8. The van der Waals surface area contributed by atoms with Gasteiger partial charge in [0.15, 0.2) is 0 Å². The summed E-state index contributed by atoms with van der Waals surface area (Å²) in [6.07, 6.45) is -1.54. The molecule has 0 unspecified atom stereocenters. The van der Waals surface area contributed by atoms with Crippen LogP contribution in [0.1, 0.15) is 79.9 Å². The quantitative estimate of drug-likeness (QED) is 0.138. The SMILES string of the molecule is COC(=O)[C@H](NC(=O)[C@@H](CC(C)C)NC(=O)N(Cc1ccccc1)C[C@@H](O)[C@@H](Cc1ccccc1)NC(=O)[C@H](NC(=O)OC(C)(C)C)C(C)C)C(C)C. The first-order valence-corrected chi connectivity index (χ1v) is 18.3. The van der Waals surface area contributed by atoms with Crippen molar-refractivity contribution in [2.24, 2.45) is 17.8 Å². The molecule has 0 aliphatic carbocycles. The molecule has 5 amide bonds. The number of esters is 1. The highest BCUT2D eigenvalue weighted by Gasteiger charge is 2.34. The van der Waals surface area contributed by atoms with Gasteiger partial charge in [0.2, 0.25) is 11.8 Å². The molecule has 0 aromatic heterocycles. The number of alkyl carbamates (subject to hydrolysis) is 1. The zero-order chi connectivity index (χ0) is 39.9. The van der Waals surface area contributed by atoms with Crippen molar-refractivity contribution in [3.63, 3.8) is 0 Å². The van der Waals surface area contributed by atoms with Crippen molar-refractivity contribution in [3.05, 3.63) is 71.8 Å². The number of carbonyl (C=O) groups excluding carboxylic acids is 5. The summed E-state index contributed by atoms with van der Waals surface area (Å²) in [5, 5.41) is 23.0. The number of ether oxygens (including phenoxy) is 2. The molecule has 294 valence electrons. The van der Waals surface area contributed by atoms with Gasteiger partial charge in [-0.15, -0.1) is 0 Å². The van der Waals surface area contributed by atoms with Crippen molar-refractivity contribution >= 4 is 29.9 Å². The molecule has 0 radical (unpaired) electrons. The van der Waals surface area contributed by atoms with E-state index in [1.54, 1.807) is 48.5 Å². The van der Waals surface area contributed by atoms with Crippen LogP contribution in [-0.2, 0) is 36.8 Å². The number of rotatable bonds is 18. The van der Waals surface area contributed by atoms with Gasteiger partial charge in [-0.25, -0.2) is 14.4 Å². The van der Waals surface area contributed by atoms with E-state index in [-0.39, 0.29) is 43.7 Å². The average molecular weight is 740 g/mol. The minimum Gasteiger partial charge on any atom is -0.467 e. The van der Waals surface area contributed by atoms with Gasteiger partial charge in [0, 0.05) is 6.54 Å². The molecular weight excluding hydrogens is 678 g/mol. The van der Waals surface area contributed by atoms with E-state index < -0.39 is 65.8 Å². The van der Waals surface area contributed by atoms with E-state index in [1.165, 1.54) is 12.0 Å². The summed E-state index contributed by atoms with van der Waals surface area (Å²) >= 11 is 0. The molecule has 0 saturated heterocycles. The van der Waals surface area contributed by atoms with Gasteiger partial charge < -0.3 is 40.7 Å². The van der Waals surface area contributed by atoms with Crippen molar-refractivity contribution in [1.82, 2.24) is 26.2 Å². The number of urea groups is 1. The van der Waals surface area contributed by atoms with Crippen LogP contribution in [0.2, 0.25) is 0 Å². The Hall–Kier alpha value is -4.65. The van der Waals surface area contributed by atoms with Gasteiger partial charge in [0.25, 0.3) is 0 Å². The monoisotopic (exact) mass is 739 g/mol. The van der Waals surface area contributed by atoms with Crippen LogP contribution in [0.15, 0.2) is 60.7 Å². The molecule has 0 aliphatic heterocycles. The summed E-state index contributed by atoms with van der Waals surface area (Å²) in [6, 6.07) is 14.1. The summed E-state index contributed by atoms with van der Waals surface area (Å²) in [5.41, 5.74) is 0.829. The first-order chi connectivity index (χ1) is 24.8. The van der Waals surface area contributed by atoms with Crippen LogP contribution >= 0.6 is 0 Å². The number of hydrogen-bond acceptors (Lipinski definition) is 8. The molecule has 0 fully saturated rings. The van der Waals surface area contributed by atoms with Crippen molar-refractivity contribution < 1.29 is 38.6 Å². The molecule has 2 aromatic carbocycles. The van der Waals surface area contributed by atoms with Crippen LogP contribution in [-0.4, -0.2) is 89.4 Å². The molecule has 0 aliphatic rings. The van der Waals surface area contributed by atoms with E-state index in [4.69, 9.17) is 9.47 Å². The van der Waals surface area contributed by atoms with Gasteiger partial charge in [-0.3, -0.25) is 9.59 Å². The summed E-state index contributed by atoms with van der Waals surface area (Å²) in [5.74, 6) is -2.24. The molecule has 0 heterocycles. The first-order valence-electron chi connectivity index (χ1n) is 18.3. The average Bonchev–Trinajstić information content (AvgIpc) is 3.07. The molecule has 2 rings (SSSR count). The standard InChI is InChI=1S/C40H61N5O8/c1-25(2)21-31(35(47)43-34(27(5)6)37(49)52-10)42-38(50)45(23-29-19-15-12-16-20-29)24-32(46)30(22-28-17-13-11-14-18-28)41-36(48)33(26(3)4)44-39(51)53-40(7,8)9/h11-20,25-27,30-34,46H,21-24H2,1-10H3,(H,41,48)(H,42,50)(H,43,47)(H,44,51)/t30-,31-,32-,33-,34-/m1/s1. The Morgan fingerprint density at radius 2 is 1.28 bits per heavy atom. The van der Waals surface area contributed by atoms with Crippen LogP contribution in [0.25, 0.3) is 0 Å². The number of carbonyl (C=O) groups is 5. The maximum atomic E-state index is 14.1. The van der Waals surface area contributed by atoms with Crippen LogP contribution in [0, 0.1) is 17.8 Å². The molecule has 5 N–H and O–H groups in total. The fourth-order valence-corrected chi connectivity index (χ4v) is 5.59. The van der Waals surface area contributed by atoms with Gasteiger partial charge in [0.05, 0.1) is 25.8 Å². The molecule has 0 spiro atoms. The predicted molar refractivity (Wildman–Crippen MR) is 203 cm³/mol. The van der Waals surface area contributed by atoms with Crippen LogP contribution in [0.5, 0.6) is 0 Å². The third-order valence-corrected chi connectivity index (χ3v) is 8.36. The summed E-state index contributed by atoms with van der Waals surface area (Å²) in [6.45, 7) is 16.0. The maximum Gasteiger partial charge on any atom is 0.408 e. The second kappa shape index (κ2) is 21.2. The van der Waals surface area contributed by atoms with Crippen molar-refractivity contribution in [3.8, 4) is 0 Å². The largest absolute Gasteiger partial charge is 0.467 e. The molecule has 13 heteroatoms. The Bertz CT molecular complexity index is 1460. The number of aliphatic hydroxyl groups is 1. The van der Waals surface area contributed by atoms with E-state index in [1.807, 2.05) is 74.5 Å². The summed E-state index contributed by atoms with van der Waals surface area (Å²) in [4.78, 5) is 67.9.